The fraction of sp³-hybridized carbons (Fsp3) is 0.379. The van der Waals surface area contributed by atoms with Crippen LogP contribution in [0, 0.1) is 26.7 Å². The SMILES string of the molecule is CS(=O)(=O)OCCOc1ccccc1OCc1ccccc1.Cc1ccc2c(C3CCCCC3)c(Br)n(CCOc3ccccc3C)c2c1.Cc1ccc2c(c1)CC(Br)=C2C1CCCCC1.O=C=O.O=C=O. The summed E-state index contributed by atoms with van der Waals surface area (Å²) in [6, 6.07) is 39.1. The number of hydrogen-bond acceptors (Lipinski definition) is 10. The van der Waals surface area contributed by atoms with Gasteiger partial charge in [-0.3, -0.25) is 4.18 Å². The average Bonchev–Trinajstić information content (AvgIpc) is 3.85. The number of halogens is 2. The minimum atomic E-state index is -3.45. The lowest BCUT2D eigenvalue weighted by atomic mass is 9.82. The van der Waals surface area contributed by atoms with E-state index in [-0.39, 0.29) is 25.5 Å². The minimum absolute atomic E-state index is 0.0359. The van der Waals surface area contributed by atoms with Gasteiger partial charge >= 0.3 is 12.3 Å². The smallest absolute Gasteiger partial charge is 0.373 e. The van der Waals surface area contributed by atoms with Gasteiger partial charge in [-0.15, -0.1) is 0 Å². The fourth-order valence-electron chi connectivity index (χ4n) is 9.55. The summed E-state index contributed by atoms with van der Waals surface area (Å²) >= 11 is 7.79. The van der Waals surface area contributed by atoms with E-state index in [0.29, 0.717) is 30.6 Å². The highest BCUT2D eigenvalue weighted by Crippen LogP contribution is 2.46. The van der Waals surface area contributed by atoms with Gasteiger partial charge in [-0.25, -0.2) is 0 Å². The van der Waals surface area contributed by atoms with Gasteiger partial charge in [-0.1, -0.05) is 151 Å². The Balaban J connectivity index is 0.000000194. The molecule has 1 heterocycles. The number of benzene rings is 5. The molecule has 0 atom stereocenters. The molecule has 3 aliphatic rings. The van der Waals surface area contributed by atoms with Crippen molar-refractivity contribution in [2.45, 2.75) is 110 Å². The van der Waals surface area contributed by atoms with Crippen LogP contribution in [0.25, 0.3) is 16.5 Å². The number of rotatable bonds is 14. The van der Waals surface area contributed by atoms with Crippen LogP contribution in [0.1, 0.15) is 109 Å². The molecule has 11 nitrogen and oxygen atoms in total. The van der Waals surface area contributed by atoms with Gasteiger partial charge < -0.3 is 18.8 Å². The third-order valence-corrected chi connectivity index (χ3v) is 15.0. The van der Waals surface area contributed by atoms with E-state index in [1.807, 2.05) is 48.5 Å². The van der Waals surface area contributed by atoms with Gasteiger partial charge in [-0.05, 0) is 137 Å². The second-order valence-electron chi connectivity index (χ2n) is 18.1. The molecule has 1 aromatic heterocycles. The summed E-state index contributed by atoms with van der Waals surface area (Å²) in [6.07, 6.45) is 16.4. The zero-order chi connectivity index (χ0) is 51.9. The summed E-state index contributed by atoms with van der Waals surface area (Å²) in [7, 11) is -3.45. The topological polar surface area (TPSA) is 144 Å². The van der Waals surface area contributed by atoms with E-state index in [0.717, 1.165) is 36.5 Å². The van der Waals surface area contributed by atoms with Gasteiger partial charge in [0.05, 0.1) is 17.4 Å². The summed E-state index contributed by atoms with van der Waals surface area (Å²) < 4.78 is 48.8. The van der Waals surface area contributed by atoms with Crippen molar-refractivity contribution < 1.29 is 46.0 Å². The third kappa shape index (κ3) is 17.6. The molecular formula is C58H65Br2NO10S. The molecule has 0 spiro atoms. The Morgan fingerprint density at radius 1 is 0.611 bits per heavy atom. The number of aryl methyl sites for hydroxylation is 3. The number of nitrogens with zero attached hydrogens (tertiary/aromatic N) is 1. The van der Waals surface area contributed by atoms with E-state index >= 15 is 0 Å². The first-order chi connectivity index (χ1) is 34.8. The molecule has 0 amide bonds. The number of hydrogen-bond donors (Lipinski definition) is 0. The summed E-state index contributed by atoms with van der Waals surface area (Å²) in [5.41, 5.74) is 12.5. The van der Waals surface area contributed by atoms with Gasteiger partial charge in [0, 0.05) is 21.8 Å². The number of aromatic nitrogens is 1. The molecule has 72 heavy (non-hydrogen) atoms. The first-order valence-electron chi connectivity index (χ1n) is 24.4. The van der Waals surface area contributed by atoms with Gasteiger partial charge in [-0.2, -0.15) is 27.6 Å². The Labute approximate surface area is 441 Å². The number of fused-ring (bicyclic) bond motifs is 2. The van der Waals surface area contributed by atoms with Crippen molar-refractivity contribution in [3.8, 4) is 17.2 Å². The number of carbonyl (C=O) groups excluding carboxylic acids is 4. The molecule has 382 valence electrons. The van der Waals surface area contributed by atoms with E-state index in [4.69, 9.17) is 33.4 Å². The Morgan fingerprint density at radius 3 is 1.78 bits per heavy atom. The molecule has 0 aliphatic heterocycles. The lowest BCUT2D eigenvalue weighted by Gasteiger charge is -2.24. The molecule has 0 saturated heterocycles. The van der Waals surface area contributed by atoms with Crippen molar-refractivity contribution in [1.82, 2.24) is 4.57 Å². The zero-order valence-corrected chi connectivity index (χ0v) is 45.6. The predicted molar refractivity (Wildman–Crippen MR) is 288 cm³/mol. The maximum atomic E-state index is 10.9. The van der Waals surface area contributed by atoms with Gasteiger partial charge in [0.15, 0.2) is 11.5 Å². The van der Waals surface area contributed by atoms with Crippen molar-refractivity contribution in [3.05, 3.63) is 163 Å². The third-order valence-electron chi connectivity index (χ3n) is 12.8. The van der Waals surface area contributed by atoms with Gasteiger partial charge in [0.2, 0.25) is 0 Å². The molecule has 0 N–H and O–H groups in total. The molecule has 2 fully saturated rings. The molecule has 0 bridgehead atoms. The normalized spacial score (nSPS) is 14.3. The van der Waals surface area contributed by atoms with Crippen molar-refractivity contribution in [2.24, 2.45) is 5.92 Å². The monoisotopic (exact) mass is 1130 g/mol. The van der Waals surface area contributed by atoms with E-state index in [9.17, 15) is 8.42 Å². The molecule has 0 unspecified atom stereocenters. The van der Waals surface area contributed by atoms with Crippen LogP contribution in [-0.2, 0) is 53.1 Å². The van der Waals surface area contributed by atoms with Crippen LogP contribution < -0.4 is 14.2 Å². The lowest BCUT2D eigenvalue weighted by Crippen LogP contribution is -2.11. The molecular weight excluding hydrogens is 1060 g/mol. The Hall–Kier alpha value is -5.59. The molecule has 2 saturated carbocycles. The Kier molecular flexibility index (Phi) is 23.7. The Bertz CT molecular complexity index is 2860. The maximum Gasteiger partial charge on any atom is 0.373 e. The average molecular weight is 1130 g/mol. The highest BCUT2D eigenvalue weighted by molar-refractivity contribution is 9.11. The fourth-order valence-corrected chi connectivity index (χ4v) is 11.7. The first kappa shape index (κ1) is 57.3. The predicted octanol–water partition coefficient (Wildman–Crippen LogP) is 13.8. The van der Waals surface area contributed by atoms with Gasteiger partial charge in [0.25, 0.3) is 10.1 Å². The second kappa shape index (κ2) is 29.8. The largest absolute Gasteiger partial charge is 0.491 e. The van der Waals surface area contributed by atoms with E-state index in [2.05, 4.69) is 116 Å². The van der Waals surface area contributed by atoms with Crippen LogP contribution in [0.4, 0.5) is 0 Å². The summed E-state index contributed by atoms with van der Waals surface area (Å²) in [6.45, 7) is 8.50. The molecule has 0 radical (unpaired) electrons. The molecule has 3 aliphatic carbocycles. The Morgan fingerprint density at radius 2 is 1.15 bits per heavy atom. The summed E-state index contributed by atoms with van der Waals surface area (Å²) in [4.78, 5) is 32.5. The highest BCUT2D eigenvalue weighted by Gasteiger charge is 2.28. The van der Waals surface area contributed by atoms with Gasteiger partial charge in [0.1, 0.15) is 32.2 Å². The number of allylic oxidation sites excluding steroid dienone is 2. The maximum absolute atomic E-state index is 10.9. The molecule has 9 rings (SSSR count). The van der Waals surface area contributed by atoms with Crippen LogP contribution in [0.15, 0.2) is 124 Å². The summed E-state index contributed by atoms with van der Waals surface area (Å²) in [5.74, 6) is 3.62. The molecule has 14 heteroatoms. The van der Waals surface area contributed by atoms with Crippen molar-refractivity contribution in [2.75, 3.05) is 26.1 Å². The van der Waals surface area contributed by atoms with E-state index in [1.54, 1.807) is 17.7 Å². The van der Waals surface area contributed by atoms with Crippen LogP contribution in [-0.4, -0.2) is 51.4 Å². The van der Waals surface area contributed by atoms with Crippen molar-refractivity contribution >= 4 is 70.8 Å². The first-order valence-corrected chi connectivity index (χ1v) is 27.8. The van der Waals surface area contributed by atoms with Crippen LogP contribution in [0.2, 0.25) is 0 Å². The molecule has 6 aromatic rings. The zero-order valence-electron chi connectivity index (χ0n) is 41.6. The number of para-hydroxylation sites is 3. The van der Waals surface area contributed by atoms with Crippen molar-refractivity contribution in [3.63, 3.8) is 0 Å². The van der Waals surface area contributed by atoms with E-state index in [1.165, 1.54) is 118 Å². The van der Waals surface area contributed by atoms with Crippen LogP contribution in [0.3, 0.4) is 0 Å². The minimum Gasteiger partial charge on any atom is -0.491 e. The number of ether oxygens (including phenoxy) is 3. The van der Waals surface area contributed by atoms with Crippen LogP contribution >= 0.6 is 31.9 Å². The summed E-state index contributed by atoms with van der Waals surface area (Å²) in [5, 5.41) is 1.41. The highest BCUT2D eigenvalue weighted by atomic mass is 79.9. The van der Waals surface area contributed by atoms with Crippen molar-refractivity contribution in [1.29, 1.82) is 0 Å². The second-order valence-corrected chi connectivity index (χ2v) is 21.4. The standard InChI is InChI=1S/C24H28BrNO.C16H19Br.C16H18O5S.2CO2/c1-17-12-13-20-21(16-17)26(14-15-27-22-11-7-6-8-18(22)2)24(25)23(20)19-9-4-3-5-10-19;1-11-7-8-14-13(9-11)10-15(17)16(14)12-5-3-2-4-6-12;1-22(17,18)21-12-11-19-15-9-5-6-10-16(15)20-13-14-7-3-2-4-8-14;2*2-1-3/h6-8,11-13,16,19H,3-5,9-10,14-15H2,1-2H3;7-9,12H,2-6,10H2,1H3;2-10H,11-13H2,1H3;;. The van der Waals surface area contributed by atoms with Crippen LogP contribution in [0.5, 0.6) is 17.2 Å². The lowest BCUT2D eigenvalue weighted by molar-refractivity contribution is -0.193. The van der Waals surface area contributed by atoms with E-state index < -0.39 is 10.1 Å². The molecule has 5 aromatic carbocycles. The quantitative estimate of drug-likeness (QED) is 0.0763.